The van der Waals surface area contributed by atoms with Gasteiger partial charge in [-0.15, -0.1) is 0 Å². The number of nitrogens with two attached hydrogens (primary N) is 1. The molecule has 1 heterocycles. The van der Waals surface area contributed by atoms with Gasteiger partial charge in [-0.05, 0) is 6.07 Å². The van der Waals surface area contributed by atoms with Crippen molar-refractivity contribution in [3.63, 3.8) is 0 Å². The van der Waals surface area contributed by atoms with Gasteiger partial charge in [0.05, 0.1) is 6.10 Å². The standard InChI is InChI=1S/C10H12N2O/c11-5-10(13)8-6-12-9-4-2-1-3-7(8)9/h1-4,6,10,12-13H,5,11H2/t10-/m0/s1. The lowest BCUT2D eigenvalue weighted by atomic mass is 10.1. The van der Waals surface area contributed by atoms with Crippen LogP contribution in [0.2, 0.25) is 0 Å². The number of aromatic amines is 1. The van der Waals surface area contributed by atoms with E-state index in [0.717, 1.165) is 16.5 Å². The van der Waals surface area contributed by atoms with E-state index in [4.69, 9.17) is 5.73 Å². The minimum Gasteiger partial charge on any atom is -0.387 e. The van der Waals surface area contributed by atoms with E-state index < -0.39 is 6.10 Å². The van der Waals surface area contributed by atoms with E-state index in [2.05, 4.69) is 4.98 Å². The number of fused-ring (bicyclic) bond motifs is 1. The molecule has 0 saturated carbocycles. The summed E-state index contributed by atoms with van der Waals surface area (Å²) < 4.78 is 0. The second-order valence-electron chi connectivity index (χ2n) is 3.04. The van der Waals surface area contributed by atoms with E-state index in [1.807, 2.05) is 30.5 Å². The number of rotatable bonds is 2. The van der Waals surface area contributed by atoms with Crippen molar-refractivity contribution in [1.82, 2.24) is 4.98 Å². The average molecular weight is 176 g/mol. The molecule has 0 aliphatic rings. The van der Waals surface area contributed by atoms with Crippen LogP contribution in [-0.4, -0.2) is 16.6 Å². The zero-order chi connectivity index (χ0) is 9.26. The molecule has 2 aromatic rings. The van der Waals surface area contributed by atoms with Crippen molar-refractivity contribution in [3.05, 3.63) is 36.0 Å². The third-order valence-electron chi connectivity index (χ3n) is 2.20. The second kappa shape index (κ2) is 3.20. The lowest BCUT2D eigenvalue weighted by Gasteiger charge is -2.04. The first-order chi connectivity index (χ1) is 6.33. The molecule has 0 saturated heterocycles. The highest BCUT2D eigenvalue weighted by molar-refractivity contribution is 5.83. The Morgan fingerprint density at radius 2 is 2.15 bits per heavy atom. The summed E-state index contributed by atoms with van der Waals surface area (Å²) in [4.78, 5) is 3.09. The first-order valence-corrected chi connectivity index (χ1v) is 4.27. The van der Waals surface area contributed by atoms with E-state index in [-0.39, 0.29) is 6.54 Å². The van der Waals surface area contributed by atoms with Crippen molar-refractivity contribution < 1.29 is 5.11 Å². The minimum absolute atomic E-state index is 0.252. The van der Waals surface area contributed by atoms with Gasteiger partial charge in [0, 0.05) is 29.2 Å². The highest BCUT2D eigenvalue weighted by atomic mass is 16.3. The number of aromatic nitrogens is 1. The Balaban J connectivity index is 2.57. The fourth-order valence-corrected chi connectivity index (χ4v) is 1.50. The van der Waals surface area contributed by atoms with Gasteiger partial charge in [0.15, 0.2) is 0 Å². The van der Waals surface area contributed by atoms with Crippen LogP contribution in [0.1, 0.15) is 11.7 Å². The van der Waals surface area contributed by atoms with Crippen molar-refractivity contribution >= 4 is 10.9 Å². The normalized spacial score (nSPS) is 13.4. The molecule has 0 fully saturated rings. The number of para-hydroxylation sites is 1. The highest BCUT2D eigenvalue weighted by Gasteiger charge is 2.09. The molecule has 3 nitrogen and oxygen atoms in total. The number of H-pyrrole nitrogens is 1. The molecule has 1 aromatic heterocycles. The molecule has 68 valence electrons. The molecule has 3 heteroatoms. The number of aliphatic hydroxyl groups is 1. The fourth-order valence-electron chi connectivity index (χ4n) is 1.50. The molecule has 0 bridgehead atoms. The van der Waals surface area contributed by atoms with Crippen molar-refractivity contribution in [2.24, 2.45) is 5.73 Å². The molecule has 13 heavy (non-hydrogen) atoms. The molecule has 4 N–H and O–H groups in total. The number of nitrogens with one attached hydrogen (secondary N) is 1. The number of hydrogen-bond donors (Lipinski definition) is 3. The van der Waals surface area contributed by atoms with Gasteiger partial charge in [0.25, 0.3) is 0 Å². The van der Waals surface area contributed by atoms with Crippen molar-refractivity contribution in [2.75, 3.05) is 6.54 Å². The lowest BCUT2D eigenvalue weighted by molar-refractivity contribution is 0.188. The van der Waals surface area contributed by atoms with Crippen molar-refractivity contribution in [3.8, 4) is 0 Å². The zero-order valence-electron chi connectivity index (χ0n) is 7.20. The monoisotopic (exact) mass is 176 g/mol. The van der Waals surface area contributed by atoms with E-state index in [0.29, 0.717) is 0 Å². The van der Waals surface area contributed by atoms with Gasteiger partial charge in [0.1, 0.15) is 0 Å². The third kappa shape index (κ3) is 1.32. The summed E-state index contributed by atoms with van der Waals surface area (Å²) in [5.74, 6) is 0. The maximum atomic E-state index is 9.57. The molecular formula is C10H12N2O. The molecule has 2 rings (SSSR count). The maximum Gasteiger partial charge on any atom is 0.0932 e. The summed E-state index contributed by atoms with van der Waals surface area (Å²) in [6.45, 7) is 0.252. The van der Waals surface area contributed by atoms with Gasteiger partial charge in [-0.2, -0.15) is 0 Å². The Bertz CT molecular complexity index is 408. The van der Waals surface area contributed by atoms with Gasteiger partial charge in [-0.3, -0.25) is 0 Å². The lowest BCUT2D eigenvalue weighted by Crippen LogP contribution is -2.10. The second-order valence-corrected chi connectivity index (χ2v) is 3.04. The Morgan fingerprint density at radius 1 is 1.38 bits per heavy atom. The quantitative estimate of drug-likeness (QED) is 0.643. The summed E-state index contributed by atoms with van der Waals surface area (Å²) >= 11 is 0. The van der Waals surface area contributed by atoms with Crippen LogP contribution in [-0.2, 0) is 0 Å². The van der Waals surface area contributed by atoms with Gasteiger partial charge >= 0.3 is 0 Å². The fraction of sp³-hybridized carbons (Fsp3) is 0.200. The Labute approximate surface area is 76.2 Å². The first kappa shape index (κ1) is 8.29. The minimum atomic E-state index is -0.573. The van der Waals surface area contributed by atoms with Crippen LogP contribution in [0.3, 0.4) is 0 Å². The Hall–Kier alpha value is -1.32. The van der Waals surface area contributed by atoms with Crippen molar-refractivity contribution in [1.29, 1.82) is 0 Å². The van der Waals surface area contributed by atoms with Crippen LogP contribution in [0.15, 0.2) is 30.5 Å². The molecule has 0 spiro atoms. The molecule has 0 unspecified atom stereocenters. The average Bonchev–Trinajstić information content (AvgIpc) is 2.60. The maximum absolute atomic E-state index is 9.57. The molecule has 1 aromatic carbocycles. The summed E-state index contributed by atoms with van der Waals surface area (Å²) in [5, 5.41) is 10.6. The van der Waals surface area contributed by atoms with Crippen LogP contribution in [0.4, 0.5) is 0 Å². The van der Waals surface area contributed by atoms with Crippen LogP contribution in [0, 0.1) is 0 Å². The van der Waals surface area contributed by atoms with Crippen LogP contribution >= 0.6 is 0 Å². The highest BCUT2D eigenvalue weighted by Crippen LogP contribution is 2.22. The molecule has 0 radical (unpaired) electrons. The zero-order valence-corrected chi connectivity index (χ0v) is 7.20. The van der Waals surface area contributed by atoms with E-state index in [1.54, 1.807) is 0 Å². The van der Waals surface area contributed by atoms with E-state index >= 15 is 0 Å². The Morgan fingerprint density at radius 3 is 2.92 bits per heavy atom. The van der Waals surface area contributed by atoms with Gasteiger partial charge < -0.3 is 15.8 Å². The van der Waals surface area contributed by atoms with Gasteiger partial charge in [-0.1, -0.05) is 18.2 Å². The summed E-state index contributed by atoms with van der Waals surface area (Å²) in [7, 11) is 0. The van der Waals surface area contributed by atoms with Gasteiger partial charge in [-0.25, -0.2) is 0 Å². The summed E-state index contributed by atoms with van der Waals surface area (Å²) in [6.07, 6.45) is 1.23. The molecule has 1 atom stereocenters. The molecule has 0 aliphatic carbocycles. The summed E-state index contributed by atoms with van der Waals surface area (Å²) in [6, 6.07) is 7.85. The molecule has 0 amide bonds. The molecular weight excluding hydrogens is 164 g/mol. The predicted octanol–water partition coefficient (Wildman–Crippen LogP) is 1.16. The topological polar surface area (TPSA) is 62.0 Å². The number of hydrogen-bond acceptors (Lipinski definition) is 2. The first-order valence-electron chi connectivity index (χ1n) is 4.27. The van der Waals surface area contributed by atoms with Crippen molar-refractivity contribution in [2.45, 2.75) is 6.10 Å². The third-order valence-corrected chi connectivity index (χ3v) is 2.20. The Kier molecular flexibility index (Phi) is 2.04. The van der Waals surface area contributed by atoms with E-state index in [9.17, 15) is 5.11 Å². The van der Waals surface area contributed by atoms with Crippen LogP contribution < -0.4 is 5.73 Å². The summed E-state index contributed by atoms with van der Waals surface area (Å²) in [5.41, 5.74) is 7.30. The number of benzene rings is 1. The van der Waals surface area contributed by atoms with E-state index in [1.165, 1.54) is 0 Å². The van der Waals surface area contributed by atoms with Crippen LogP contribution in [0.5, 0.6) is 0 Å². The smallest absolute Gasteiger partial charge is 0.0932 e. The largest absolute Gasteiger partial charge is 0.387 e. The van der Waals surface area contributed by atoms with Gasteiger partial charge in [0.2, 0.25) is 0 Å². The molecule has 0 aliphatic heterocycles. The van der Waals surface area contributed by atoms with Crippen LogP contribution in [0.25, 0.3) is 10.9 Å². The predicted molar refractivity (Wildman–Crippen MR) is 52.3 cm³/mol. The number of aliphatic hydroxyl groups excluding tert-OH is 1. The SMILES string of the molecule is NC[C@H](O)c1c[nH]c2ccccc12.